The van der Waals surface area contributed by atoms with Crippen molar-refractivity contribution in [1.82, 2.24) is 9.97 Å². The normalized spacial score (nSPS) is 19.5. The Kier molecular flexibility index (Phi) is 3.12. The Hall–Kier alpha value is -1.65. The molecule has 1 fully saturated rings. The van der Waals surface area contributed by atoms with E-state index in [1.165, 1.54) is 11.3 Å². The fourth-order valence-corrected chi connectivity index (χ4v) is 3.13. The van der Waals surface area contributed by atoms with Gasteiger partial charge >= 0.3 is 5.97 Å². The average molecular weight is 261 g/mol. The monoisotopic (exact) mass is 261 g/mol. The zero-order chi connectivity index (χ0) is 13.4. The molecule has 1 aromatic rings. The Balaban J connectivity index is 1.82. The van der Waals surface area contributed by atoms with E-state index >= 15 is 0 Å². The molecule has 3 rings (SSSR count). The molecule has 1 aliphatic carbocycles. The number of anilines is 1. The van der Waals surface area contributed by atoms with Crippen molar-refractivity contribution in [3.8, 4) is 0 Å². The van der Waals surface area contributed by atoms with E-state index in [0.717, 1.165) is 44.0 Å². The van der Waals surface area contributed by atoms with Crippen LogP contribution in [-0.2, 0) is 17.6 Å². The Bertz CT molecular complexity index is 508. The molecule has 0 atom stereocenters. The molecule has 2 heterocycles. The predicted molar refractivity (Wildman–Crippen MR) is 71.4 cm³/mol. The van der Waals surface area contributed by atoms with E-state index in [2.05, 4.69) is 14.9 Å². The van der Waals surface area contributed by atoms with Crippen molar-refractivity contribution in [2.45, 2.75) is 39.0 Å². The van der Waals surface area contributed by atoms with E-state index in [1.54, 1.807) is 0 Å². The van der Waals surface area contributed by atoms with Gasteiger partial charge in [-0.25, -0.2) is 9.97 Å². The minimum atomic E-state index is -0.663. The molecule has 0 saturated carbocycles. The van der Waals surface area contributed by atoms with Gasteiger partial charge in [0.25, 0.3) is 0 Å². The highest BCUT2D eigenvalue weighted by atomic mass is 16.4. The van der Waals surface area contributed by atoms with E-state index < -0.39 is 5.97 Å². The molecule has 1 N–H and O–H groups in total. The summed E-state index contributed by atoms with van der Waals surface area (Å²) < 4.78 is 0. The first-order chi connectivity index (χ1) is 9.15. The highest BCUT2D eigenvalue weighted by Crippen LogP contribution is 2.31. The highest BCUT2D eigenvalue weighted by molar-refractivity contribution is 5.70. The summed E-state index contributed by atoms with van der Waals surface area (Å²) in [6.45, 7) is 3.52. The first-order valence-electron chi connectivity index (χ1n) is 6.99. The number of carbonyl (C=O) groups is 1. The largest absolute Gasteiger partial charge is 0.481 e. The lowest BCUT2D eigenvalue weighted by molar-refractivity contribution is -0.142. The van der Waals surface area contributed by atoms with Crippen molar-refractivity contribution in [2.24, 2.45) is 5.92 Å². The van der Waals surface area contributed by atoms with Crippen molar-refractivity contribution < 1.29 is 9.90 Å². The maximum absolute atomic E-state index is 11.0. The predicted octanol–water partition coefficient (Wildman–Crippen LogP) is 1.57. The molecule has 0 spiro atoms. The van der Waals surface area contributed by atoms with Crippen LogP contribution < -0.4 is 4.90 Å². The zero-order valence-electron chi connectivity index (χ0n) is 11.2. The standard InChI is InChI=1S/C14H19N3O2/c1-9-15-12-4-2-3-11(12)13(16-9)17-7-5-10(6-8-17)14(18)19/h10H,2-8H2,1H3,(H,18,19). The molecule has 5 nitrogen and oxygen atoms in total. The third-order valence-electron chi connectivity index (χ3n) is 4.17. The summed E-state index contributed by atoms with van der Waals surface area (Å²) in [5, 5.41) is 9.05. The molecule has 0 bridgehead atoms. The van der Waals surface area contributed by atoms with Crippen LogP contribution >= 0.6 is 0 Å². The molecule has 5 heteroatoms. The molecule has 2 aliphatic rings. The van der Waals surface area contributed by atoms with Gasteiger partial charge in [0.2, 0.25) is 0 Å². The summed E-state index contributed by atoms with van der Waals surface area (Å²) in [4.78, 5) is 22.4. The number of aliphatic carboxylic acids is 1. The zero-order valence-corrected chi connectivity index (χ0v) is 11.2. The minimum absolute atomic E-state index is 0.188. The van der Waals surface area contributed by atoms with Gasteiger partial charge in [-0.1, -0.05) is 0 Å². The van der Waals surface area contributed by atoms with Gasteiger partial charge in [-0.3, -0.25) is 4.79 Å². The van der Waals surface area contributed by atoms with E-state index in [0.29, 0.717) is 12.8 Å². The van der Waals surface area contributed by atoms with Crippen LogP contribution in [0.2, 0.25) is 0 Å². The van der Waals surface area contributed by atoms with Gasteiger partial charge < -0.3 is 10.0 Å². The van der Waals surface area contributed by atoms with Crippen LogP contribution in [-0.4, -0.2) is 34.1 Å². The molecule has 1 aromatic heterocycles. The average Bonchev–Trinajstić information content (AvgIpc) is 2.85. The number of aryl methyl sites for hydroxylation is 2. The van der Waals surface area contributed by atoms with Gasteiger partial charge in [0, 0.05) is 24.3 Å². The van der Waals surface area contributed by atoms with Gasteiger partial charge in [-0.2, -0.15) is 0 Å². The lowest BCUT2D eigenvalue weighted by Gasteiger charge is -2.32. The van der Waals surface area contributed by atoms with Crippen LogP contribution in [0.15, 0.2) is 0 Å². The van der Waals surface area contributed by atoms with Gasteiger partial charge in [-0.15, -0.1) is 0 Å². The summed E-state index contributed by atoms with van der Waals surface area (Å²) in [7, 11) is 0. The molecule has 0 radical (unpaired) electrons. The Morgan fingerprint density at radius 3 is 2.68 bits per heavy atom. The topological polar surface area (TPSA) is 66.3 Å². The lowest BCUT2D eigenvalue weighted by Crippen LogP contribution is -2.37. The second-order valence-electron chi connectivity index (χ2n) is 5.47. The number of fused-ring (bicyclic) bond motifs is 1. The highest BCUT2D eigenvalue weighted by Gasteiger charge is 2.28. The van der Waals surface area contributed by atoms with Gasteiger partial charge in [-0.05, 0) is 39.0 Å². The van der Waals surface area contributed by atoms with E-state index in [1.807, 2.05) is 6.92 Å². The van der Waals surface area contributed by atoms with Crippen LogP contribution in [0.1, 0.15) is 36.3 Å². The van der Waals surface area contributed by atoms with Crippen LogP contribution in [0.4, 0.5) is 5.82 Å². The van der Waals surface area contributed by atoms with Crippen LogP contribution in [0, 0.1) is 12.8 Å². The number of nitrogens with zero attached hydrogens (tertiary/aromatic N) is 3. The molecule has 1 aliphatic heterocycles. The molecular formula is C14H19N3O2. The summed E-state index contributed by atoms with van der Waals surface area (Å²) in [5.74, 6) is 1.04. The van der Waals surface area contributed by atoms with Crippen LogP contribution in [0.3, 0.4) is 0 Å². The second kappa shape index (κ2) is 4.79. The first-order valence-corrected chi connectivity index (χ1v) is 6.99. The molecule has 102 valence electrons. The van der Waals surface area contributed by atoms with Crippen LogP contribution in [0.25, 0.3) is 0 Å². The summed E-state index contributed by atoms with van der Waals surface area (Å²) in [5.41, 5.74) is 2.49. The van der Waals surface area contributed by atoms with Crippen molar-refractivity contribution in [3.05, 3.63) is 17.1 Å². The molecule has 0 amide bonds. The van der Waals surface area contributed by atoms with Crippen molar-refractivity contribution in [1.29, 1.82) is 0 Å². The molecule has 19 heavy (non-hydrogen) atoms. The first kappa shape index (κ1) is 12.4. The van der Waals surface area contributed by atoms with Gasteiger partial charge in [0.15, 0.2) is 0 Å². The third kappa shape index (κ3) is 2.29. The van der Waals surface area contributed by atoms with Crippen LogP contribution in [0.5, 0.6) is 0 Å². The maximum atomic E-state index is 11.0. The minimum Gasteiger partial charge on any atom is -0.481 e. The number of hydrogen-bond donors (Lipinski definition) is 1. The Morgan fingerprint density at radius 1 is 1.26 bits per heavy atom. The van der Waals surface area contributed by atoms with Gasteiger partial charge in [0.05, 0.1) is 5.92 Å². The van der Waals surface area contributed by atoms with Crippen molar-refractivity contribution in [2.75, 3.05) is 18.0 Å². The van der Waals surface area contributed by atoms with Crippen molar-refractivity contribution in [3.63, 3.8) is 0 Å². The van der Waals surface area contributed by atoms with E-state index in [-0.39, 0.29) is 5.92 Å². The number of piperidine rings is 1. The Labute approximate surface area is 112 Å². The smallest absolute Gasteiger partial charge is 0.306 e. The quantitative estimate of drug-likeness (QED) is 0.875. The third-order valence-corrected chi connectivity index (χ3v) is 4.17. The summed E-state index contributed by atoms with van der Waals surface area (Å²) in [6, 6.07) is 0. The van der Waals surface area contributed by atoms with Gasteiger partial charge in [0.1, 0.15) is 11.6 Å². The molecule has 1 saturated heterocycles. The summed E-state index contributed by atoms with van der Waals surface area (Å²) >= 11 is 0. The van der Waals surface area contributed by atoms with E-state index in [9.17, 15) is 4.79 Å². The number of carboxylic acids is 1. The molecule has 0 unspecified atom stereocenters. The number of hydrogen-bond acceptors (Lipinski definition) is 4. The number of carboxylic acid groups (broad SMARTS) is 1. The SMILES string of the molecule is Cc1nc2c(c(N3CCC(C(=O)O)CC3)n1)CCC2. The fourth-order valence-electron chi connectivity index (χ4n) is 3.13. The van der Waals surface area contributed by atoms with Crippen molar-refractivity contribution >= 4 is 11.8 Å². The fraction of sp³-hybridized carbons (Fsp3) is 0.643. The molecular weight excluding hydrogens is 242 g/mol. The Morgan fingerprint density at radius 2 is 2.00 bits per heavy atom. The van der Waals surface area contributed by atoms with E-state index in [4.69, 9.17) is 5.11 Å². The number of rotatable bonds is 2. The number of aromatic nitrogens is 2. The second-order valence-corrected chi connectivity index (χ2v) is 5.47. The lowest BCUT2D eigenvalue weighted by atomic mass is 9.97. The maximum Gasteiger partial charge on any atom is 0.306 e. The molecule has 0 aromatic carbocycles. The summed E-state index contributed by atoms with van der Waals surface area (Å²) in [6.07, 6.45) is 4.70.